The molecule has 0 aromatic rings. The van der Waals surface area contributed by atoms with Crippen LogP contribution in [0.4, 0.5) is 4.79 Å². The van der Waals surface area contributed by atoms with Crippen molar-refractivity contribution in [2.45, 2.75) is 65.9 Å². The highest BCUT2D eigenvalue weighted by Gasteiger charge is 2.19. The number of hydrogen-bond donors (Lipinski definition) is 0. The lowest BCUT2D eigenvalue weighted by Gasteiger charge is -2.24. The Kier molecular flexibility index (Phi) is 32.7. The van der Waals surface area contributed by atoms with Gasteiger partial charge in [0.15, 0.2) is 0 Å². The lowest BCUT2D eigenvalue weighted by molar-refractivity contribution is -0.150. The van der Waals surface area contributed by atoms with Crippen LogP contribution in [0.5, 0.6) is 0 Å². The van der Waals surface area contributed by atoms with E-state index in [4.69, 9.17) is 52.1 Å². The first-order valence-electron chi connectivity index (χ1n) is 17.5. The number of nitrogens with zero attached hydrogens (tertiary/aromatic N) is 1. The molecular formula is C34H67NO13. The molecule has 0 heterocycles. The SMILES string of the molecule is CCCCC(CC)C(=O)OCCOCCOCCOCCOCCOCCOCCOCCOCCOCCN(C)C(=O)OC(C)(C)C. The Bertz CT molecular complexity index is 724. The second kappa shape index (κ2) is 33.9. The molecule has 0 rings (SSSR count). The molecule has 0 aliphatic heterocycles. The van der Waals surface area contributed by atoms with E-state index in [0.29, 0.717) is 125 Å². The summed E-state index contributed by atoms with van der Waals surface area (Å²) in [5.74, 6) is -0.130. The largest absolute Gasteiger partial charge is 0.463 e. The van der Waals surface area contributed by atoms with Crippen LogP contribution in [0.3, 0.4) is 0 Å². The van der Waals surface area contributed by atoms with Gasteiger partial charge in [0, 0.05) is 13.6 Å². The summed E-state index contributed by atoms with van der Waals surface area (Å²) >= 11 is 0. The van der Waals surface area contributed by atoms with Crippen LogP contribution in [0.1, 0.15) is 60.3 Å². The second-order valence-corrected chi connectivity index (χ2v) is 11.8. The summed E-state index contributed by atoms with van der Waals surface area (Å²) in [6.07, 6.45) is 3.46. The van der Waals surface area contributed by atoms with Crippen molar-refractivity contribution in [3.05, 3.63) is 0 Å². The fourth-order valence-corrected chi connectivity index (χ4v) is 3.75. The van der Waals surface area contributed by atoms with Gasteiger partial charge in [-0.1, -0.05) is 26.7 Å². The molecule has 14 heteroatoms. The summed E-state index contributed by atoms with van der Waals surface area (Å²) in [6, 6.07) is 0. The van der Waals surface area contributed by atoms with E-state index in [1.54, 1.807) is 7.05 Å². The van der Waals surface area contributed by atoms with Gasteiger partial charge in [-0.3, -0.25) is 4.79 Å². The molecule has 0 bridgehead atoms. The Balaban J connectivity index is 3.23. The molecule has 0 radical (unpaired) electrons. The Hall–Kier alpha value is -1.62. The van der Waals surface area contributed by atoms with Crippen molar-refractivity contribution >= 4 is 12.1 Å². The molecule has 0 N–H and O–H groups in total. The zero-order valence-electron chi connectivity index (χ0n) is 30.8. The zero-order chi connectivity index (χ0) is 35.6. The van der Waals surface area contributed by atoms with Gasteiger partial charge >= 0.3 is 12.1 Å². The van der Waals surface area contributed by atoms with E-state index in [0.717, 1.165) is 25.7 Å². The van der Waals surface area contributed by atoms with E-state index in [9.17, 15) is 9.59 Å². The molecule has 0 aromatic heterocycles. The van der Waals surface area contributed by atoms with Crippen molar-refractivity contribution in [3.8, 4) is 0 Å². The number of amides is 1. The van der Waals surface area contributed by atoms with Crippen LogP contribution in [0.2, 0.25) is 0 Å². The molecule has 286 valence electrons. The van der Waals surface area contributed by atoms with Gasteiger partial charge in [0.2, 0.25) is 0 Å². The lowest BCUT2D eigenvalue weighted by atomic mass is 10.00. The number of carbonyl (C=O) groups excluding carboxylic acids is 2. The van der Waals surface area contributed by atoms with Gasteiger partial charge in [-0.05, 0) is 33.6 Å². The van der Waals surface area contributed by atoms with Crippen molar-refractivity contribution in [2.24, 2.45) is 5.92 Å². The highest BCUT2D eigenvalue weighted by atomic mass is 16.6. The van der Waals surface area contributed by atoms with Gasteiger partial charge in [0.05, 0.1) is 125 Å². The molecule has 0 aliphatic carbocycles. The number of esters is 1. The number of ether oxygens (including phenoxy) is 11. The van der Waals surface area contributed by atoms with Crippen LogP contribution in [0, 0.1) is 5.92 Å². The number of hydrogen-bond acceptors (Lipinski definition) is 13. The van der Waals surface area contributed by atoms with Crippen LogP contribution in [0.25, 0.3) is 0 Å². The van der Waals surface area contributed by atoms with Gasteiger partial charge in [0.25, 0.3) is 0 Å². The minimum Gasteiger partial charge on any atom is -0.463 e. The predicted octanol–water partition coefficient (Wildman–Crippen LogP) is 3.76. The van der Waals surface area contributed by atoms with Crippen molar-refractivity contribution < 1.29 is 61.7 Å². The standard InChI is InChI=1S/C34H67NO13/c1-7-9-10-31(8-2)32(36)47-30-29-46-28-27-45-26-25-44-24-23-43-22-21-42-20-19-41-18-17-40-16-15-39-14-13-38-12-11-35(6)33(37)48-34(3,4)5/h31H,7-30H2,1-6H3. The number of likely N-dealkylation sites (N-methyl/N-ethyl adjacent to an activating group) is 1. The van der Waals surface area contributed by atoms with Gasteiger partial charge in [-0.2, -0.15) is 0 Å². The third-order valence-corrected chi connectivity index (χ3v) is 6.46. The van der Waals surface area contributed by atoms with Crippen LogP contribution >= 0.6 is 0 Å². The van der Waals surface area contributed by atoms with E-state index in [2.05, 4.69) is 6.92 Å². The average Bonchev–Trinajstić information content (AvgIpc) is 3.05. The molecule has 0 aliphatic rings. The first-order chi connectivity index (χ1) is 23.2. The molecule has 48 heavy (non-hydrogen) atoms. The second-order valence-electron chi connectivity index (χ2n) is 11.8. The maximum atomic E-state index is 12.0. The minimum atomic E-state index is -0.512. The zero-order valence-corrected chi connectivity index (χ0v) is 30.8. The molecule has 0 spiro atoms. The van der Waals surface area contributed by atoms with E-state index in [1.807, 2.05) is 27.7 Å². The predicted molar refractivity (Wildman–Crippen MR) is 180 cm³/mol. The molecule has 0 saturated heterocycles. The van der Waals surface area contributed by atoms with Gasteiger partial charge in [-0.15, -0.1) is 0 Å². The lowest BCUT2D eigenvalue weighted by Crippen LogP contribution is -2.36. The van der Waals surface area contributed by atoms with Gasteiger partial charge in [-0.25, -0.2) is 4.79 Å². The van der Waals surface area contributed by atoms with E-state index >= 15 is 0 Å². The Morgan fingerprint density at radius 1 is 0.542 bits per heavy atom. The van der Waals surface area contributed by atoms with Crippen LogP contribution in [0.15, 0.2) is 0 Å². The molecule has 0 fully saturated rings. The summed E-state index contributed by atoms with van der Waals surface area (Å²) in [7, 11) is 1.68. The third kappa shape index (κ3) is 32.9. The first-order valence-corrected chi connectivity index (χ1v) is 17.5. The van der Waals surface area contributed by atoms with E-state index in [1.165, 1.54) is 4.90 Å². The summed E-state index contributed by atoms with van der Waals surface area (Å²) < 4.78 is 59.8. The summed E-state index contributed by atoms with van der Waals surface area (Å²) in [4.78, 5) is 25.4. The van der Waals surface area contributed by atoms with Gasteiger partial charge < -0.3 is 57.0 Å². The summed E-state index contributed by atoms with van der Waals surface area (Å²) in [5.41, 5.74) is -0.512. The molecule has 1 atom stereocenters. The van der Waals surface area contributed by atoms with Crippen LogP contribution in [-0.2, 0) is 56.9 Å². The van der Waals surface area contributed by atoms with Crippen LogP contribution in [-0.4, -0.2) is 162 Å². The van der Waals surface area contributed by atoms with Gasteiger partial charge in [0.1, 0.15) is 12.2 Å². The third-order valence-electron chi connectivity index (χ3n) is 6.46. The number of rotatable bonds is 35. The molecule has 0 saturated carbocycles. The summed E-state index contributed by atoms with van der Waals surface area (Å²) in [6.45, 7) is 18.7. The highest BCUT2D eigenvalue weighted by molar-refractivity contribution is 5.72. The fraction of sp³-hybridized carbons (Fsp3) is 0.941. The molecule has 1 amide bonds. The highest BCUT2D eigenvalue weighted by Crippen LogP contribution is 2.14. The van der Waals surface area contributed by atoms with Crippen molar-refractivity contribution in [2.75, 3.05) is 139 Å². The topological polar surface area (TPSA) is 139 Å². The smallest absolute Gasteiger partial charge is 0.410 e. The maximum Gasteiger partial charge on any atom is 0.410 e. The quantitative estimate of drug-likeness (QED) is 0.0702. The first kappa shape index (κ1) is 46.4. The summed E-state index contributed by atoms with van der Waals surface area (Å²) in [5, 5.41) is 0. The average molecular weight is 698 g/mol. The number of unbranched alkanes of at least 4 members (excludes halogenated alkanes) is 1. The van der Waals surface area contributed by atoms with Crippen molar-refractivity contribution in [1.29, 1.82) is 0 Å². The molecular weight excluding hydrogens is 630 g/mol. The molecule has 1 unspecified atom stereocenters. The normalized spacial score (nSPS) is 12.3. The maximum absolute atomic E-state index is 12.0. The van der Waals surface area contributed by atoms with Crippen molar-refractivity contribution in [1.82, 2.24) is 4.90 Å². The number of carbonyl (C=O) groups is 2. The minimum absolute atomic E-state index is 0.00699. The van der Waals surface area contributed by atoms with E-state index in [-0.39, 0.29) is 24.6 Å². The Morgan fingerprint density at radius 3 is 1.19 bits per heavy atom. The monoisotopic (exact) mass is 697 g/mol. The van der Waals surface area contributed by atoms with E-state index < -0.39 is 5.60 Å². The molecule has 0 aromatic carbocycles. The van der Waals surface area contributed by atoms with Crippen molar-refractivity contribution in [3.63, 3.8) is 0 Å². The molecule has 14 nitrogen and oxygen atoms in total. The Morgan fingerprint density at radius 2 is 0.875 bits per heavy atom. The van der Waals surface area contributed by atoms with Crippen LogP contribution < -0.4 is 0 Å². The Labute approximate surface area is 289 Å². The fourth-order valence-electron chi connectivity index (χ4n) is 3.75.